The van der Waals surface area contributed by atoms with E-state index in [2.05, 4.69) is 38.9 Å². The Morgan fingerprint density at radius 3 is 2.33 bits per heavy atom. The Kier molecular flexibility index (Phi) is 9.37. The number of sulfonamides is 1. The lowest BCUT2D eigenvalue weighted by atomic mass is 9.85. The molecule has 2 aliphatic rings. The number of hydrogen-bond acceptors (Lipinski definition) is 6. The van der Waals surface area contributed by atoms with Gasteiger partial charge in [0.1, 0.15) is 0 Å². The van der Waals surface area contributed by atoms with Crippen molar-refractivity contribution in [3.63, 3.8) is 0 Å². The number of piperidine rings is 1. The monoisotopic (exact) mass is 580 g/mol. The maximum atomic E-state index is 13.3. The van der Waals surface area contributed by atoms with Gasteiger partial charge in [-0.1, -0.05) is 74.0 Å². The number of benzene rings is 2. The van der Waals surface area contributed by atoms with E-state index in [4.69, 9.17) is 16.6 Å². The van der Waals surface area contributed by atoms with Crippen molar-refractivity contribution in [2.24, 2.45) is 11.8 Å². The highest BCUT2D eigenvalue weighted by atomic mass is 35.5. The fraction of sp³-hybridized carbons (Fsp3) is 0.452. The SMILES string of the molecule is O=C(NS(=O)(=O)c1ccc(Cl)cc1)c1cnc(N2CCC(Cc3ccccc3)CC2)nc1CCC1CCCCC1. The van der Waals surface area contributed by atoms with E-state index in [1.165, 1.54) is 68.1 Å². The van der Waals surface area contributed by atoms with Crippen LogP contribution < -0.4 is 9.62 Å². The summed E-state index contributed by atoms with van der Waals surface area (Å²) in [6.45, 7) is 1.71. The highest BCUT2D eigenvalue weighted by Gasteiger charge is 2.26. The lowest BCUT2D eigenvalue weighted by molar-refractivity contribution is 0.0979. The van der Waals surface area contributed by atoms with Crippen molar-refractivity contribution in [1.29, 1.82) is 0 Å². The van der Waals surface area contributed by atoms with Gasteiger partial charge in [0, 0.05) is 24.3 Å². The number of carbonyl (C=O) groups excluding carboxylic acids is 1. The fourth-order valence-corrected chi connectivity index (χ4v) is 6.98. The molecular weight excluding hydrogens is 544 g/mol. The molecule has 1 amide bonds. The number of halogens is 1. The van der Waals surface area contributed by atoms with Crippen LogP contribution in [0.1, 0.15) is 73.0 Å². The Balaban J connectivity index is 1.31. The predicted octanol–water partition coefficient (Wildman–Crippen LogP) is 6.22. The van der Waals surface area contributed by atoms with E-state index in [9.17, 15) is 13.2 Å². The van der Waals surface area contributed by atoms with Gasteiger partial charge >= 0.3 is 0 Å². The highest BCUT2D eigenvalue weighted by Crippen LogP contribution is 2.29. The molecule has 0 spiro atoms. The Morgan fingerprint density at radius 1 is 0.925 bits per heavy atom. The standard InChI is InChI=1S/C31H37ClN4O3S/c32-26-12-14-27(15-13-26)40(38,39)35-30(37)28-22-33-31(34-29(28)16-11-23-7-3-1-4-8-23)36-19-17-25(18-20-36)21-24-9-5-2-6-10-24/h2,5-6,9-10,12-15,22-23,25H,1,3-4,7-8,11,16-21H2,(H,35,37). The molecule has 1 aromatic heterocycles. The number of rotatable bonds is 9. The summed E-state index contributed by atoms with van der Waals surface area (Å²) >= 11 is 5.90. The van der Waals surface area contributed by atoms with Crippen molar-refractivity contribution in [3.05, 3.63) is 82.6 Å². The largest absolute Gasteiger partial charge is 0.341 e. The molecule has 212 valence electrons. The van der Waals surface area contributed by atoms with Gasteiger partial charge in [0.2, 0.25) is 5.95 Å². The molecule has 0 unspecified atom stereocenters. The van der Waals surface area contributed by atoms with Gasteiger partial charge in [0.25, 0.3) is 15.9 Å². The van der Waals surface area contributed by atoms with E-state index in [0.29, 0.717) is 34.9 Å². The minimum Gasteiger partial charge on any atom is -0.341 e. The number of anilines is 1. The Bertz CT molecular complexity index is 1390. The van der Waals surface area contributed by atoms with Crippen molar-refractivity contribution in [2.45, 2.75) is 69.1 Å². The van der Waals surface area contributed by atoms with Gasteiger partial charge in [-0.15, -0.1) is 0 Å². The lowest BCUT2D eigenvalue weighted by Gasteiger charge is -2.32. The summed E-state index contributed by atoms with van der Waals surface area (Å²) in [7, 11) is -4.06. The van der Waals surface area contributed by atoms with Gasteiger partial charge in [0.15, 0.2) is 0 Å². The summed E-state index contributed by atoms with van der Waals surface area (Å²) in [6, 6.07) is 16.3. The van der Waals surface area contributed by atoms with Crippen LogP contribution >= 0.6 is 11.6 Å². The molecular formula is C31H37ClN4O3S. The molecule has 5 rings (SSSR count). The maximum Gasteiger partial charge on any atom is 0.268 e. The van der Waals surface area contributed by atoms with Crippen molar-refractivity contribution in [2.75, 3.05) is 18.0 Å². The summed E-state index contributed by atoms with van der Waals surface area (Å²) in [5.74, 6) is 1.14. The minimum absolute atomic E-state index is 0.0232. The van der Waals surface area contributed by atoms with E-state index in [-0.39, 0.29) is 10.5 Å². The zero-order chi connectivity index (χ0) is 28.0. The molecule has 1 saturated carbocycles. The molecule has 1 aliphatic carbocycles. The van der Waals surface area contributed by atoms with Crippen LogP contribution in [0.3, 0.4) is 0 Å². The number of carbonyl (C=O) groups is 1. The third kappa shape index (κ3) is 7.40. The maximum absolute atomic E-state index is 13.3. The quantitative estimate of drug-likeness (QED) is 0.323. The molecule has 9 heteroatoms. The number of aryl methyl sites for hydroxylation is 1. The summed E-state index contributed by atoms with van der Waals surface area (Å²) < 4.78 is 28.0. The third-order valence-electron chi connectivity index (χ3n) is 8.23. The first-order valence-corrected chi connectivity index (χ1v) is 16.2. The van der Waals surface area contributed by atoms with Gasteiger partial charge in [-0.05, 0) is 73.8 Å². The van der Waals surface area contributed by atoms with E-state index in [1.54, 1.807) is 0 Å². The first-order chi connectivity index (χ1) is 19.4. The molecule has 2 heterocycles. The summed E-state index contributed by atoms with van der Waals surface area (Å²) in [6.07, 6.45) is 12.4. The molecule has 2 fully saturated rings. The van der Waals surface area contributed by atoms with Crippen LogP contribution in [0.2, 0.25) is 5.02 Å². The van der Waals surface area contributed by atoms with Gasteiger partial charge in [-0.3, -0.25) is 4.79 Å². The zero-order valence-corrected chi connectivity index (χ0v) is 24.3. The smallest absolute Gasteiger partial charge is 0.268 e. The molecule has 7 nitrogen and oxygen atoms in total. The lowest BCUT2D eigenvalue weighted by Crippen LogP contribution is -2.36. The average molecular weight is 581 g/mol. The van der Waals surface area contributed by atoms with E-state index < -0.39 is 15.9 Å². The molecule has 0 bridgehead atoms. The molecule has 3 aromatic rings. The number of hydrogen-bond donors (Lipinski definition) is 1. The second-order valence-corrected chi connectivity index (χ2v) is 13.2. The number of amides is 1. The molecule has 0 atom stereocenters. The molecule has 1 saturated heterocycles. The molecule has 40 heavy (non-hydrogen) atoms. The van der Waals surface area contributed by atoms with Crippen LogP contribution in [-0.2, 0) is 22.9 Å². The van der Waals surface area contributed by atoms with Crippen LogP contribution in [-0.4, -0.2) is 37.4 Å². The van der Waals surface area contributed by atoms with Gasteiger partial charge in [0.05, 0.1) is 16.2 Å². The van der Waals surface area contributed by atoms with Crippen LogP contribution in [0, 0.1) is 11.8 Å². The van der Waals surface area contributed by atoms with Crippen molar-refractivity contribution >= 4 is 33.5 Å². The summed E-state index contributed by atoms with van der Waals surface area (Å²) in [5, 5.41) is 0.420. The zero-order valence-electron chi connectivity index (χ0n) is 22.8. The van der Waals surface area contributed by atoms with Gasteiger partial charge in [-0.2, -0.15) is 0 Å². The van der Waals surface area contributed by atoms with Crippen molar-refractivity contribution < 1.29 is 13.2 Å². The third-order valence-corrected chi connectivity index (χ3v) is 9.83. The Morgan fingerprint density at radius 2 is 1.62 bits per heavy atom. The Hall–Kier alpha value is -2.97. The van der Waals surface area contributed by atoms with E-state index >= 15 is 0 Å². The van der Waals surface area contributed by atoms with E-state index in [1.807, 2.05) is 6.07 Å². The average Bonchev–Trinajstić information content (AvgIpc) is 2.97. The normalized spacial score (nSPS) is 17.1. The van der Waals surface area contributed by atoms with Gasteiger partial charge < -0.3 is 4.90 Å². The van der Waals surface area contributed by atoms with Crippen molar-refractivity contribution in [3.8, 4) is 0 Å². The number of aromatic nitrogens is 2. The highest BCUT2D eigenvalue weighted by molar-refractivity contribution is 7.90. The molecule has 2 aromatic carbocycles. The van der Waals surface area contributed by atoms with Crippen LogP contribution in [0.4, 0.5) is 5.95 Å². The van der Waals surface area contributed by atoms with Gasteiger partial charge in [-0.25, -0.2) is 23.1 Å². The Labute approximate surface area is 242 Å². The first kappa shape index (κ1) is 28.6. The number of nitrogens with one attached hydrogen (secondary N) is 1. The minimum atomic E-state index is -4.06. The predicted molar refractivity (Wildman–Crippen MR) is 158 cm³/mol. The topological polar surface area (TPSA) is 92.3 Å². The van der Waals surface area contributed by atoms with Crippen LogP contribution in [0.5, 0.6) is 0 Å². The first-order valence-electron chi connectivity index (χ1n) is 14.3. The van der Waals surface area contributed by atoms with Crippen LogP contribution in [0.25, 0.3) is 0 Å². The molecule has 1 N–H and O–H groups in total. The van der Waals surface area contributed by atoms with Crippen LogP contribution in [0.15, 0.2) is 65.7 Å². The second-order valence-electron chi connectivity index (χ2n) is 11.1. The fourth-order valence-electron chi connectivity index (χ4n) is 5.89. The summed E-state index contributed by atoms with van der Waals surface area (Å²) in [4.78, 5) is 24.8. The number of nitrogens with zero attached hydrogens (tertiary/aromatic N) is 3. The summed E-state index contributed by atoms with van der Waals surface area (Å²) in [5.41, 5.74) is 2.20. The molecule has 1 aliphatic heterocycles. The molecule has 0 radical (unpaired) electrons. The van der Waals surface area contributed by atoms with E-state index in [0.717, 1.165) is 38.8 Å². The second kappa shape index (κ2) is 13.1. The van der Waals surface area contributed by atoms with Crippen molar-refractivity contribution in [1.82, 2.24) is 14.7 Å².